The average molecular weight is 290 g/mol. The van der Waals surface area contributed by atoms with Crippen LogP contribution in [-0.2, 0) is 4.79 Å². The fraction of sp³-hybridized carbons (Fsp3) is 0.429. The maximum absolute atomic E-state index is 12.2. The van der Waals surface area contributed by atoms with E-state index in [1.54, 1.807) is 0 Å². The summed E-state index contributed by atoms with van der Waals surface area (Å²) >= 11 is 0. The topological polar surface area (TPSA) is 102 Å². The summed E-state index contributed by atoms with van der Waals surface area (Å²) in [6, 6.07) is 5.94. The zero-order valence-corrected chi connectivity index (χ0v) is 11.5. The third kappa shape index (κ3) is 2.79. The van der Waals surface area contributed by atoms with Crippen molar-refractivity contribution in [1.29, 1.82) is 5.26 Å². The lowest BCUT2D eigenvalue weighted by molar-refractivity contribution is -0.385. The first-order valence-electron chi connectivity index (χ1n) is 6.48. The Morgan fingerprint density at radius 3 is 2.62 bits per heavy atom. The van der Waals surface area contributed by atoms with Gasteiger partial charge in [-0.25, -0.2) is 4.79 Å². The maximum atomic E-state index is 12.2. The fourth-order valence-corrected chi connectivity index (χ4v) is 2.39. The Morgan fingerprint density at radius 2 is 2.10 bits per heavy atom. The van der Waals surface area contributed by atoms with E-state index in [4.69, 9.17) is 9.47 Å². The Morgan fingerprint density at radius 1 is 1.43 bits per heavy atom. The Labute approximate surface area is 121 Å². The summed E-state index contributed by atoms with van der Waals surface area (Å²) in [5.41, 5.74) is -1.55. The second-order valence-electron chi connectivity index (χ2n) is 4.88. The van der Waals surface area contributed by atoms with Gasteiger partial charge in [-0.2, -0.15) is 5.26 Å². The number of carbonyl (C=O) groups is 1. The molecule has 0 bridgehead atoms. The summed E-state index contributed by atoms with van der Waals surface area (Å²) in [4.78, 5) is 22.6. The number of nitro benzene ring substituents is 1. The molecule has 0 spiro atoms. The number of carbonyl (C=O) groups excluding carboxylic acids is 1. The van der Waals surface area contributed by atoms with Gasteiger partial charge >= 0.3 is 11.7 Å². The number of hydrogen-bond acceptors (Lipinski definition) is 6. The minimum atomic E-state index is -1.19. The first-order valence-corrected chi connectivity index (χ1v) is 6.48. The van der Waals surface area contributed by atoms with Crippen LogP contribution in [0.4, 0.5) is 5.69 Å². The van der Waals surface area contributed by atoms with Crippen LogP contribution in [0.15, 0.2) is 18.2 Å². The van der Waals surface area contributed by atoms with Crippen LogP contribution < -0.4 is 9.47 Å². The van der Waals surface area contributed by atoms with Gasteiger partial charge in [-0.1, -0.05) is 12.8 Å². The van der Waals surface area contributed by atoms with Gasteiger partial charge in [-0.15, -0.1) is 0 Å². The van der Waals surface area contributed by atoms with Crippen LogP contribution >= 0.6 is 0 Å². The van der Waals surface area contributed by atoms with Crippen LogP contribution in [-0.4, -0.2) is 18.0 Å². The molecule has 0 unspecified atom stereocenters. The van der Waals surface area contributed by atoms with Gasteiger partial charge < -0.3 is 9.47 Å². The molecule has 0 heterocycles. The number of ether oxygens (including phenoxy) is 2. The van der Waals surface area contributed by atoms with E-state index in [1.165, 1.54) is 25.3 Å². The molecule has 0 atom stereocenters. The molecule has 1 aliphatic carbocycles. The molecule has 21 heavy (non-hydrogen) atoms. The Kier molecular flexibility index (Phi) is 4.08. The first kappa shape index (κ1) is 14.8. The van der Waals surface area contributed by atoms with E-state index in [0.29, 0.717) is 12.8 Å². The smallest absolute Gasteiger partial charge is 0.332 e. The Hall–Kier alpha value is -2.62. The molecule has 110 valence electrons. The predicted molar refractivity (Wildman–Crippen MR) is 71.8 cm³/mol. The molecule has 7 nitrogen and oxygen atoms in total. The highest BCUT2D eigenvalue weighted by Gasteiger charge is 2.44. The Bertz CT molecular complexity index is 614. The number of benzene rings is 1. The number of hydrogen-bond donors (Lipinski definition) is 0. The molecule has 0 aliphatic heterocycles. The fourth-order valence-electron chi connectivity index (χ4n) is 2.39. The quantitative estimate of drug-likeness (QED) is 0.365. The van der Waals surface area contributed by atoms with Crippen LogP contribution in [0.2, 0.25) is 0 Å². The molecule has 1 aromatic carbocycles. The average Bonchev–Trinajstić information content (AvgIpc) is 2.97. The van der Waals surface area contributed by atoms with Crippen molar-refractivity contribution in [2.24, 2.45) is 5.41 Å². The van der Waals surface area contributed by atoms with Gasteiger partial charge in [-0.3, -0.25) is 10.1 Å². The molecule has 0 aromatic heterocycles. The van der Waals surface area contributed by atoms with Gasteiger partial charge in [0.25, 0.3) is 0 Å². The zero-order chi connectivity index (χ0) is 15.5. The van der Waals surface area contributed by atoms with Gasteiger partial charge in [0.2, 0.25) is 5.75 Å². The van der Waals surface area contributed by atoms with Crippen molar-refractivity contribution < 1.29 is 19.2 Å². The molecule has 1 aromatic rings. The Balaban J connectivity index is 2.29. The second kappa shape index (κ2) is 5.79. The molecule has 0 radical (unpaired) electrons. The van der Waals surface area contributed by atoms with Crippen molar-refractivity contribution in [3.05, 3.63) is 28.3 Å². The van der Waals surface area contributed by atoms with Crippen molar-refractivity contribution in [2.75, 3.05) is 7.11 Å². The van der Waals surface area contributed by atoms with E-state index in [9.17, 15) is 20.2 Å². The van der Waals surface area contributed by atoms with E-state index in [1.807, 2.05) is 6.07 Å². The van der Waals surface area contributed by atoms with E-state index in [0.717, 1.165) is 12.8 Å². The SMILES string of the molecule is COc1ccc(OC(=O)C2(C#N)CCCC2)c([N+](=O)[O-])c1. The van der Waals surface area contributed by atoms with Crippen LogP contribution in [0.25, 0.3) is 0 Å². The summed E-state index contributed by atoms with van der Waals surface area (Å²) in [6.45, 7) is 0. The van der Waals surface area contributed by atoms with E-state index in [-0.39, 0.29) is 17.2 Å². The van der Waals surface area contributed by atoms with E-state index < -0.39 is 16.3 Å². The van der Waals surface area contributed by atoms with Crippen molar-refractivity contribution >= 4 is 11.7 Å². The van der Waals surface area contributed by atoms with Gasteiger partial charge in [0.05, 0.1) is 24.2 Å². The van der Waals surface area contributed by atoms with Crippen molar-refractivity contribution in [3.63, 3.8) is 0 Å². The summed E-state index contributed by atoms with van der Waals surface area (Å²) < 4.78 is 10.0. The van der Waals surface area contributed by atoms with Crippen LogP contribution in [0, 0.1) is 26.9 Å². The second-order valence-corrected chi connectivity index (χ2v) is 4.88. The van der Waals surface area contributed by atoms with Crippen LogP contribution in [0.3, 0.4) is 0 Å². The lowest BCUT2D eigenvalue weighted by Gasteiger charge is -2.17. The molecule has 0 saturated heterocycles. The van der Waals surface area contributed by atoms with Crippen LogP contribution in [0.1, 0.15) is 25.7 Å². The summed E-state index contributed by atoms with van der Waals surface area (Å²) in [5, 5.41) is 20.3. The lowest BCUT2D eigenvalue weighted by Crippen LogP contribution is -2.30. The molecule has 1 saturated carbocycles. The van der Waals surface area contributed by atoms with E-state index in [2.05, 4.69) is 0 Å². The highest BCUT2D eigenvalue weighted by molar-refractivity contribution is 5.83. The molecule has 1 aliphatic rings. The summed E-state index contributed by atoms with van der Waals surface area (Å²) in [5.74, 6) is -0.611. The molecular weight excluding hydrogens is 276 g/mol. The number of nitro groups is 1. The maximum Gasteiger partial charge on any atom is 0.332 e. The van der Waals surface area contributed by atoms with Gasteiger partial charge in [0.1, 0.15) is 5.75 Å². The third-order valence-corrected chi connectivity index (χ3v) is 3.63. The predicted octanol–water partition coefficient (Wildman–Crippen LogP) is 2.59. The largest absolute Gasteiger partial charge is 0.496 e. The van der Waals surface area contributed by atoms with Crippen molar-refractivity contribution in [1.82, 2.24) is 0 Å². The molecule has 1 fully saturated rings. The number of methoxy groups -OCH3 is 1. The normalized spacial score (nSPS) is 16.0. The number of rotatable bonds is 4. The molecule has 2 rings (SSSR count). The van der Waals surface area contributed by atoms with Gasteiger partial charge in [-0.05, 0) is 25.0 Å². The molecule has 0 amide bonds. The minimum absolute atomic E-state index is 0.174. The minimum Gasteiger partial charge on any atom is -0.496 e. The monoisotopic (exact) mass is 290 g/mol. The molecular formula is C14H14N2O5. The third-order valence-electron chi connectivity index (χ3n) is 3.63. The zero-order valence-electron chi connectivity index (χ0n) is 11.5. The van der Waals surface area contributed by atoms with Crippen LogP contribution in [0.5, 0.6) is 11.5 Å². The standard InChI is InChI=1S/C14H14N2O5/c1-20-10-4-5-12(11(8-10)16(18)19)21-13(17)14(9-15)6-2-3-7-14/h4-5,8H,2-3,6-7H2,1H3. The number of esters is 1. The summed E-state index contributed by atoms with van der Waals surface area (Å²) in [7, 11) is 1.38. The lowest BCUT2D eigenvalue weighted by atomic mass is 9.88. The highest BCUT2D eigenvalue weighted by atomic mass is 16.6. The number of nitrogens with zero attached hydrogens (tertiary/aromatic N) is 2. The summed E-state index contributed by atoms with van der Waals surface area (Å²) in [6.07, 6.45) is 2.39. The highest BCUT2D eigenvalue weighted by Crippen LogP contribution is 2.40. The van der Waals surface area contributed by atoms with Gasteiger partial charge in [0.15, 0.2) is 5.41 Å². The number of nitriles is 1. The molecule has 0 N–H and O–H groups in total. The van der Waals surface area contributed by atoms with Crippen molar-refractivity contribution in [3.8, 4) is 17.6 Å². The van der Waals surface area contributed by atoms with E-state index >= 15 is 0 Å². The van der Waals surface area contributed by atoms with Crippen molar-refractivity contribution in [2.45, 2.75) is 25.7 Å². The molecule has 7 heteroatoms. The van der Waals surface area contributed by atoms with Gasteiger partial charge in [0, 0.05) is 0 Å². The first-order chi connectivity index (χ1) is 10.0.